The molecular formula is C18H22N4O3S. The number of nitrogens with zero attached hydrogens (tertiary/aromatic N) is 3. The molecule has 7 nitrogen and oxygen atoms in total. The third-order valence-corrected chi connectivity index (χ3v) is 7.76. The average molecular weight is 374 g/mol. The molecule has 0 unspecified atom stereocenters. The maximum atomic E-state index is 11.5. The third kappa shape index (κ3) is 2.16. The number of aromatic nitrogens is 2. The van der Waals surface area contributed by atoms with Gasteiger partial charge in [-0.2, -0.15) is 12.7 Å². The first kappa shape index (κ1) is 16.4. The van der Waals surface area contributed by atoms with Gasteiger partial charge in [-0.25, -0.2) is 10.1 Å². The highest BCUT2D eigenvalue weighted by Crippen LogP contribution is 2.59. The Morgan fingerprint density at radius 3 is 2.65 bits per heavy atom. The van der Waals surface area contributed by atoms with Gasteiger partial charge in [-0.1, -0.05) is 24.3 Å². The van der Waals surface area contributed by atoms with Crippen LogP contribution in [0.2, 0.25) is 0 Å². The number of imidazole rings is 1. The molecule has 138 valence electrons. The molecule has 2 aliphatic heterocycles. The van der Waals surface area contributed by atoms with Crippen LogP contribution in [0.15, 0.2) is 36.8 Å². The summed E-state index contributed by atoms with van der Waals surface area (Å²) in [5.41, 5.74) is 3.34. The molecule has 26 heavy (non-hydrogen) atoms. The van der Waals surface area contributed by atoms with Crippen LogP contribution in [0.25, 0.3) is 11.3 Å². The van der Waals surface area contributed by atoms with Crippen molar-refractivity contribution in [1.82, 2.24) is 13.9 Å². The Balaban J connectivity index is 1.40. The van der Waals surface area contributed by atoms with Gasteiger partial charge in [0, 0.05) is 24.6 Å². The fraction of sp³-hybridized carbons (Fsp3) is 0.500. The molecule has 2 aromatic rings. The number of benzene rings is 1. The number of aliphatic hydroxyl groups excluding tert-OH is 1. The smallest absolute Gasteiger partial charge is 0.276 e. The molecule has 1 aliphatic carbocycles. The first-order chi connectivity index (χ1) is 12.4. The molecule has 1 spiro atoms. The van der Waals surface area contributed by atoms with Crippen molar-refractivity contribution in [3.63, 3.8) is 0 Å². The van der Waals surface area contributed by atoms with Crippen LogP contribution in [0.4, 0.5) is 0 Å². The van der Waals surface area contributed by atoms with E-state index < -0.39 is 16.3 Å². The second-order valence-electron chi connectivity index (χ2n) is 7.84. The number of aliphatic hydroxyl groups is 1. The molecule has 1 aromatic carbocycles. The van der Waals surface area contributed by atoms with E-state index in [-0.39, 0.29) is 17.4 Å². The zero-order valence-electron chi connectivity index (χ0n) is 14.3. The highest BCUT2D eigenvalue weighted by Gasteiger charge is 2.58. The minimum Gasteiger partial charge on any atom is -0.392 e. The van der Waals surface area contributed by atoms with E-state index in [4.69, 9.17) is 5.14 Å². The van der Waals surface area contributed by atoms with Gasteiger partial charge >= 0.3 is 0 Å². The fourth-order valence-corrected chi connectivity index (χ4v) is 5.97. The Hall–Kier alpha value is -1.74. The van der Waals surface area contributed by atoms with Crippen LogP contribution < -0.4 is 5.14 Å². The van der Waals surface area contributed by atoms with E-state index >= 15 is 0 Å². The molecule has 0 amide bonds. The van der Waals surface area contributed by atoms with Gasteiger partial charge in [0.25, 0.3) is 10.2 Å². The maximum Gasteiger partial charge on any atom is 0.276 e. The average Bonchev–Trinajstić information content (AvgIpc) is 3.20. The van der Waals surface area contributed by atoms with Gasteiger partial charge in [0.1, 0.15) is 0 Å². The largest absolute Gasteiger partial charge is 0.392 e. The van der Waals surface area contributed by atoms with Crippen LogP contribution in [0.1, 0.15) is 30.9 Å². The highest BCUT2D eigenvalue weighted by atomic mass is 32.2. The van der Waals surface area contributed by atoms with E-state index in [1.165, 1.54) is 15.4 Å². The quantitative estimate of drug-likeness (QED) is 0.822. The summed E-state index contributed by atoms with van der Waals surface area (Å²) in [6.07, 6.45) is 5.49. The number of nitrogens with two attached hydrogens (primary N) is 1. The van der Waals surface area contributed by atoms with Crippen LogP contribution >= 0.6 is 0 Å². The summed E-state index contributed by atoms with van der Waals surface area (Å²) in [4.78, 5) is 4.29. The van der Waals surface area contributed by atoms with Gasteiger partial charge in [0.05, 0.1) is 30.4 Å². The zero-order chi connectivity index (χ0) is 18.1. The number of hydrogen-bond acceptors (Lipinski definition) is 4. The van der Waals surface area contributed by atoms with E-state index in [0.29, 0.717) is 25.9 Å². The Morgan fingerprint density at radius 1 is 1.23 bits per heavy atom. The summed E-state index contributed by atoms with van der Waals surface area (Å²) in [6.45, 7) is 0.778. The van der Waals surface area contributed by atoms with E-state index in [0.717, 1.165) is 12.1 Å². The Labute approximate surface area is 152 Å². The van der Waals surface area contributed by atoms with E-state index in [9.17, 15) is 13.5 Å². The van der Waals surface area contributed by atoms with E-state index in [2.05, 4.69) is 21.7 Å². The molecule has 2 fully saturated rings. The molecule has 3 aliphatic rings. The maximum absolute atomic E-state index is 11.5. The van der Waals surface area contributed by atoms with E-state index in [1.807, 2.05) is 24.7 Å². The first-order valence-electron chi connectivity index (χ1n) is 8.98. The molecule has 0 radical (unpaired) electrons. The Morgan fingerprint density at radius 2 is 1.96 bits per heavy atom. The van der Waals surface area contributed by atoms with Crippen molar-refractivity contribution in [3.05, 3.63) is 42.4 Å². The zero-order valence-corrected chi connectivity index (χ0v) is 15.1. The summed E-state index contributed by atoms with van der Waals surface area (Å²) >= 11 is 0. The Kier molecular flexibility index (Phi) is 3.40. The van der Waals surface area contributed by atoms with Crippen LogP contribution in [-0.2, 0) is 10.2 Å². The minimum absolute atomic E-state index is 0.0978. The van der Waals surface area contributed by atoms with Crippen LogP contribution in [0, 0.1) is 11.3 Å². The molecule has 0 bridgehead atoms. The van der Waals surface area contributed by atoms with Gasteiger partial charge in [0.2, 0.25) is 0 Å². The normalized spacial score (nSPS) is 30.0. The van der Waals surface area contributed by atoms with Gasteiger partial charge < -0.3 is 9.67 Å². The van der Waals surface area contributed by atoms with Crippen LogP contribution in [0.5, 0.6) is 0 Å². The Bertz CT molecular complexity index is 962. The number of rotatable bonds is 2. The SMILES string of the molecule is NS(=O)(=O)N1CCC2(CC1)C[C@H]([C@H]1c3ccccc3-c3cncn31)[C@H]2O. The molecule has 8 heteroatoms. The highest BCUT2D eigenvalue weighted by molar-refractivity contribution is 7.86. The third-order valence-electron chi connectivity index (χ3n) is 6.68. The lowest BCUT2D eigenvalue weighted by molar-refractivity contribution is -0.152. The molecule has 3 N–H and O–H groups in total. The number of piperidine rings is 1. The van der Waals surface area contributed by atoms with Crippen molar-refractivity contribution in [2.45, 2.75) is 31.4 Å². The second-order valence-corrected chi connectivity index (χ2v) is 9.38. The molecule has 5 rings (SSSR count). The van der Waals surface area contributed by atoms with Crippen molar-refractivity contribution in [3.8, 4) is 11.3 Å². The van der Waals surface area contributed by atoms with Crippen LogP contribution in [0.3, 0.4) is 0 Å². The molecule has 1 saturated carbocycles. The summed E-state index contributed by atoms with van der Waals surface area (Å²) in [6, 6.07) is 8.40. The standard InChI is InChI=1S/C18H22N4O3S/c19-26(24,25)21-7-5-18(6-8-21)9-14(17(18)23)16-13-4-2-1-3-12(13)15-10-20-11-22(15)16/h1-4,10-11,14,16-17,23H,5-9H2,(H2,19,24,25)/t14-,16-,17-/m1/s1. The summed E-state index contributed by atoms with van der Waals surface area (Å²) in [7, 11) is -3.64. The van der Waals surface area contributed by atoms with Crippen molar-refractivity contribution in [2.24, 2.45) is 16.5 Å². The van der Waals surface area contributed by atoms with E-state index in [1.54, 1.807) is 0 Å². The lowest BCUT2D eigenvalue weighted by atomic mass is 9.53. The summed E-state index contributed by atoms with van der Waals surface area (Å²) in [5.74, 6) is 0.118. The number of fused-ring (bicyclic) bond motifs is 3. The summed E-state index contributed by atoms with van der Waals surface area (Å²) < 4.78 is 26.6. The van der Waals surface area contributed by atoms with Gasteiger partial charge in [0.15, 0.2) is 0 Å². The van der Waals surface area contributed by atoms with Crippen molar-refractivity contribution in [1.29, 1.82) is 0 Å². The van der Waals surface area contributed by atoms with Crippen molar-refractivity contribution in [2.75, 3.05) is 13.1 Å². The predicted octanol–water partition coefficient (Wildman–Crippen LogP) is 1.12. The van der Waals surface area contributed by atoms with Gasteiger partial charge in [-0.3, -0.25) is 0 Å². The predicted molar refractivity (Wildman–Crippen MR) is 96.3 cm³/mol. The summed E-state index contributed by atoms with van der Waals surface area (Å²) in [5, 5.41) is 16.3. The molecular weight excluding hydrogens is 352 g/mol. The first-order valence-corrected chi connectivity index (χ1v) is 10.5. The number of hydrogen-bond donors (Lipinski definition) is 2. The monoisotopic (exact) mass is 374 g/mol. The van der Waals surface area contributed by atoms with Gasteiger partial charge in [-0.05, 0) is 30.2 Å². The van der Waals surface area contributed by atoms with Crippen LogP contribution in [-0.4, -0.2) is 46.6 Å². The molecule has 1 aromatic heterocycles. The molecule has 3 atom stereocenters. The lowest BCUT2D eigenvalue weighted by Gasteiger charge is -2.57. The van der Waals surface area contributed by atoms with Crippen molar-refractivity contribution < 1.29 is 13.5 Å². The second kappa shape index (κ2) is 5.39. The van der Waals surface area contributed by atoms with Crippen molar-refractivity contribution >= 4 is 10.2 Å². The lowest BCUT2D eigenvalue weighted by Crippen LogP contribution is -2.60. The minimum atomic E-state index is -3.64. The molecule has 1 saturated heterocycles. The topological polar surface area (TPSA) is 101 Å². The fourth-order valence-electron chi connectivity index (χ4n) is 5.28. The molecule has 3 heterocycles. The van der Waals surface area contributed by atoms with Gasteiger partial charge in [-0.15, -0.1) is 0 Å².